The van der Waals surface area contributed by atoms with Crippen molar-refractivity contribution in [3.63, 3.8) is 0 Å². The third-order valence-electron chi connectivity index (χ3n) is 11.7. The molecule has 19 nitrogen and oxygen atoms in total. The van der Waals surface area contributed by atoms with Crippen molar-refractivity contribution in [2.45, 2.75) is 169 Å². The van der Waals surface area contributed by atoms with Crippen molar-refractivity contribution in [3.8, 4) is 11.5 Å². The number of rotatable bonds is 22. The molecule has 3 aromatic rings. The van der Waals surface area contributed by atoms with Crippen LogP contribution in [-0.4, -0.2) is 118 Å². The first-order valence-electron chi connectivity index (χ1n) is 26.1. The maximum Gasteiger partial charge on any atom is 0.417 e. The fourth-order valence-electron chi connectivity index (χ4n) is 8.06. The first-order chi connectivity index (χ1) is 35.9. The molecule has 0 radical (unpaired) electrons. The molecule has 4 atom stereocenters. The van der Waals surface area contributed by atoms with Gasteiger partial charge in [-0.25, -0.2) is 29.1 Å². The first-order valence-corrected chi connectivity index (χ1v) is 27.7. The molecule has 0 bridgehead atoms. The highest BCUT2D eigenvalue weighted by atomic mass is 32.2. The minimum Gasteiger partial charge on any atom is -0.497 e. The summed E-state index contributed by atoms with van der Waals surface area (Å²) in [5.41, 5.74) is -3.72. The number of amides is 3. The normalized spacial score (nSPS) is 16.2. The van der Waals surface area contributed by atoms with Crippen LogP contribution >= 0.6 is 0 Å². The molecule has 1 fully saturated rings. The molecular formula is C57H84N4O15S. The summed E-state index contributed by atoms with van der Waals surface area (Å²) in [6, 6.07) is 22.9. The van der Waals surface area contributed by atoms with Crippen LogP contribution in [0.15, 0.2) is 83.9 Å². The van der Waals surface area contributed by atoms with Gasteiger partial charge in [-0.2, -0.15) is 8.42 Å². The fourth-order valence-corrected chi connectivity index (χ4v) is 9.11. The van der Waals surface area contributed by atoms with E-state index in [1.54, 1.807) is 164 Å². The van der Waals surface area contributed by atoms with Crippen LogP contribution in [0, 0.1) is 11.3 Å². The van der Waals surface area contributed by atoms with Gasteiger partial charge in [-0.1, -0.05) is 75.4 Å². The molecule has 1 saturated heterocycles. The molecule has 3 aromatic carbocycles. The van der Waals surface area contributed by atoms with E-state index in [2.05, 4.69) is 10.6 Å². The molecule has 0 aliphatic carbocycles. The van der Waals surface area contributed by atoms with E-state index >= 15 is 0 Å². The lowest BCUT2D eigenvalue weighted by molar-refractivity contribution is -0.198. The van der Waals surface area contributed by atoms with Gasteiger partial charge in [0.2, 0.25) is 5.96 Å². The van der Waals surface area contributed by atoms with Crippen molar-refractivity contribution in [1.82, 2.24) is 15.5 Å². The Hall–Kier alpha value is -5.96. The standard InChI is InChI=1S/C57H84N4O15S/c1-15-69-48(62)57(53(2,3)4,60-51(64)75-55(8,9)10)34-43(36-61(52(65)76-56(11,12)13)49(59-50(63)74-54(5,6)7)58-35-41-26-28-44(68-14)29-27-41)33-40-24-30-45(31-25-40)71-37-46(73-47-23-19-20-32-70-47)38-72-77(66,67)39-42-21-17-16-18-22-42/h16-18,21-22,24-31,43,46-47H,15,19-20,23,32-39H2,1-14H3,(H,60,64)(H,58,59,63)/t43-,46?,47?,57+/m0/s1. The van der Waals surface area contributed by atoms with Crippen molar-refractivity contribution >= 4 is 40.3 Å². The number of aliphatic imine (C=N–C) groups is 1. The van der Waals surface area contributed by atoms with Crippen LogP contribution in [0.25, 0.3) is 0 Å². The Morgan fingerprint density at radius 3 is 1.90 bits per heavy atom. The Kier molecular flexibility index (Phi) is 23.2. The second-order valence-electron chi connectivity index (χ2n) is 23.0. The minimum absolute atomic E-state index is 0.00922. The summed E-state index contributed by atoms with van der Waals surface area (Å²) < 4.78 is 78.4. The van der Waals surface area contributed by atoms with E-state index < -0.39 is 80.4 Å². The van der Waals surface area contributed by atoms with Gasteiger partial charge < -0.3 is 43.2 Å². The fraction of sp³-hybridized carbons (Fsp3) is 0.596. The zero-order chi connectivity index (χ0) is 57.2. The number of nitrogens with zero attached hydrogens (tertiary/aromatic N) is 2. The van der Waals surface area contributed by atoms with E-state index in [0.717, 1.165) is 12.8 Å². The van der Waals surface area contributed by atoms with Gasteiger partial charge in [0.15, 0.2) is 6.29 Å². The van der Waals surface area contributed by atoms with Crippen molar-refractivity contribution in [2.24, 2.45) is 16.3 Å². The lowest BCUT2D eigenvalue weighted by atomic mass is 9.68. The zero-order valence-electron chi connectivity index (χ0n) is 47.6. The molecule has 0 saturated carbocycles. The van der Waals surface area contributed by atoms with E-state index in [0.29, 0.717) is 41.2 Å². The molecule has 1 aliphatic rings. The van der Waals surface area contributed by atoms with Crippen molar-refractivity contribution < 1.29 is 69.7 Å². The van der Waals surface area contributed by atoms with E-state index in [1.165, 1.54) is 4.90 Å². The molecule has 0 aromatic heterocycles. The molecule has 20 heteroatoms. The molecule has 428 valence electrons. The van der Waals surface area contributed by atoms with Gasteiger partial charge in [0.25, 0.3) is 10.1 Å². The SMILES string of the molecule is CCOC(=O)[C@@](C[C@H](Cc1ccc(OCC(COS(=O)(=O)Cc2ccccc2)OC2CCCCO2)cc1)CN(C(=O)OC(C)(C)C)C(=NCc1ccc(OC)cc1)NC(=O)OC(C)(C)C)(NC(=O)OC(C)(C)C)C(C)(C)C. The van der Waals surface area contributed by atoms with Crippen LogP contribution < -0.4 is 20.1 Å². The van der Waals surface area contributed by atoms with Crippen molar-refractivity contribution in [3.05, 3.63) is 95.6 Å². The van der Waals surface area contributed by atoms with E-state index in [9.17, 15) is 27.6 Å². The van der Waals surface area contributed by atoms with Gasteiger partial charge in [0.1, 0.15) is 52.3 Å². The Morgan fingerprint density at radius 1 is 0.740 bits per heavy atom. The van der Waals surface area contributed by atoms with Gasteiger partial charge in [-0.05, 0) is 154 Å². The van der Waals surface area contributed by atoms with Crippen LogP contribution in [0.1, 0.15) is 132 Å². The Morgan fingerprint density at radius 2 is 1.34 bits per heavy atom. The summed E-state index contributed by atoms with van der Waals surface area (Å²) in [7, 11) is -2.43. The smallest absolute Gasteiger partial charge is 0.417 e. The highest BCUT2D eigenvalue weighted by Gasteiger charge is 2.53. The third kappa shape index (κ3) is 22.5. The molecule has 3 amide bonds. The Bertz CT molecular complexity index is 2490. The molecule has 2 unspecified atom stereocenters. The zero-order valence-corrected chi connectivity index (χ0v) is 48.5. The maximum absolute atomic E-state index is 14.7. The second-order valence-corrected chi connectivity index (χ2v) is 24.6. The van der Waals surface area contributed by atoms with Crippen LogP contribution in [0.2, 0.25) is 0 Å². The van der Waals surface area contributed by atoms with E-state index in [-0.39, 0.29) is 57.5 Å². The quantitative estimate of drug-likeness (QED) is 0.0314. The second kappa shape index (κ2) is 28.1. The number of hydrogen-bond acceptors (Lipinski definition) is 16. The number of hydrogen-bond donors (Lipinski definition) is 2. The highest BCUT2D eigenvalue weighted by Crippen LogP contribution is 2.39. The predicted octanol–water partition coefficient (Wildman–Crippen LogP) is 10.3. The van der Waals surface area contributed by atoms with Crippen LogP contribution in [0.3, 0.4) is 0 Å². The average molecular weight is 1100 g/mol. The number of esters is 1. The number of carbonyl (C=O) groups excluding carboxylic acids is 4. The van der Waals surface area contributed by atoms with Gasteiger partial charge in [0.05, 0.1) is 26.9 Å². The van der Waals surface area contributed by atoms with Crippen LogP contribution in [0.4, 0.5) is 14.4 Å². The van der Waals surface area contributed by atoms with Gasteiger partial charge in [-0.15, -0.1) is 0 Å². The summed E-state index contributed by atoms with van der Waals surface area (Å²) >= 11 is 0. The maximum atomic E-state index is 14.7. The molecule has 77 heavy (non-hydrogen) atoms. The van der Waals surface area contributed by atoms with E-state index in [4.69, 9.17) is 47.1 Å². The van der Waals surface area contributed by atoms with Crippen LogP contribution in [-0.2, 0) is 66.2 Å². The molecule has 4 rings (SSSR count). The van der Waals surface area contributed by atoms with Crippen molar-refractivity contribution in [1.29, 1.82) is 0 Å². The largest absolute Gasteiger partial charge is 0.497 e. The number of ether oxygens (including phenoxy) is 8. The highest BCUT2D eigenvalue weighted by molar-refractivity contribution is 7.85. The predicted molar refractivity (Wildman–Crippen MR) is 292 cm³/mol. The summed E-state index contributed by atoms with van der Waals surface area (Å²) in [5.74, 6) is -0.978. The lowest BCUT2D eigenvalue weighted by Crippen LogP contribution is -2.65. The minimum atomic E-state index is -3.98. The summed E-state index contributed by atoms with van der Waals surface area (Å²) in [5, 5.41) is 5.63. The number of alkyl carbamates (subject to hydrolysis) is 2. The van der Waals surface area contributed by atoms with Gasteiger partial charge in [0, 0.05) is 13.2 Å². The molecule has 1 heterocycles. The molecular weight excluding hydrogens is 1010 g/mol. The topological polar surface area (TPSA) is 225 Å². The third-order valence-corrected chi connectivity index (χ3v) is 12.9. The van der Waals surface area contributed by atoms with Crippen LogP contribution in [0.5, 0.6) is 11.5 Å². The molecule has 0 spiro atoms. The van der Waals surface area contributed by atoms with Gasteiger partial charge >= 0.3 is 24.2 Å². The monoisotopic (exact) mass is 1100 g/mol. The average Bonchev–Trinajstić information content (AvgIpc) is 3.32. The summed E-state index contributed by atoms with van der Waals surface area (Å²) in [6.07, 6.45) is -1.61. The number of benzene rings is 3. The molecule has 1 aliphatic heterocycles. The lowest BCUT2D eigenvalue weighted by Gasteiger charge is -2.45. The first kappa shape index (κ1) is 63.6. The summed E-state index contributed by atoms with van der Waals surface area (Å²) in [4.78, 5) is 62.9. The molecule has 2 N–H and O–H groups in total. The van der Waals surface area contributed by atoms with Crippen molar-refractivity contribution in [2.75, 3.05) is 40.1 Å². The number of carbonyl (C=O) groups is 4. The summed E-state index contributed by atoms with van der Waals surface area (Å²) in [6.45, 7) is 22.2. The Balaban J connectivity index is 1.80. The number of guanidine groups is 1. The van der Waals surface area contributed by atoms with E-state index in [1.807, 2.05) is 12.1 Å². The van der Waals surface area contributed by atoms with Gasteiger partial charge in [-0.3, -0.25) is 9.50 Å². The Labute approximate surface area is 456 Å². The number of methoxy groups -OCH3 is 1. The number of nitrogens with one attached hydrogen (secondary N) is 2.